The Balaban J connectivity index is 2.64. The van der Waals surface area contributed by atoms with Gasteiger partial charge in [-0.3, -0.25) is 9.59 Å². The third-order valence-corrected chi connectivity index (χ3v) is 14.2. The van der Waals surface area contributed by atoms with Crippen molar-refractivity contribution >= 4 is 11.9 Å². The summed E-state index contributed by atoms with van der Waals surface area (Å²) in [5.41, 5.74) is 0. The molecule has 0 saturated carbocycles. The van der Waals surface area contributed by atoms with Gasteiger partial charge in [-0.2, -0.15) is 0 Å². The predicted molar refractivity (Wildman–Crippen MR) is 328 cm³/mol. The Hall–Kier alpha value is -3.68. The molecule has 1 saturated heterocycles. The van der Waals surface area contributed by atoms with Gasteiger partial charge in [0.05, 0.1) is 25.4 Å². The van der Waals surface area contributed by atoms with Crippen molar-refractivity contribution in [2.75, 3.05) is 13.2 Å². The fourth-order valence-corrected chi connectivity index (χ4v) is 9.18. The van der Waals surface area contributed by atoms with Crippen molar-refractivity contribution in [1.82, 2.24) is 5.32 Å². The lowest BCUT2D eigenvalue weighted by atomic mass is 9.99. The second kappa shape index (κ2) is 54.9. The summed E-state index contributed by atoms with van der Waals surface area (Å²) in [6, 6.07) is -1.05. The fraction of sp³-hybridized carbons (Fsp3) is 0.706. The summed E-state index contributed by atoms with van der Waals surface area (Å²) < 4.78 is 17.5. The highest BCUT2D eigenvalue weighted by molar-refractivity contribution is 5.80. The molecule has 1 fully saturated rings. The van der Waals surface area contributed by atoms with E-state index in [-0.39, 0.29) is 19.4 Å². The second-order valence-corrected chi connectivity index (χ2v) is 21.4. The van der Waals surface area contributed by atoms with E-state index < -0.39 is 67.4 Å². The molecule has 0 radical (unpaired) electrons. The standard InChI is InChI=1S/C68H115NO10/c1-4-7-10-13-16-19-22-24-25-26-27-28-29-30-31-32-33-34-35-36-38-40-43-46-49-52-55-61(72)67(76)69-59(60(71)54-51-48-45-42-39-21-18-15-12-9-6-3)58-77-68-66(65(75)64(74)62(57-70)78-68)79-63(73)56-53-50-47-44-41-37-23-20-17-14-11-8-5-2/h7,10,16,19,24-25,27-28,30-31,33-34,37,41,47,50-51,54,59-62,64-66,68,70-72,74-75H,4-6,8-9,11-15,17-18,20-23,26,29,32,35-36,38-40,42-46,48-49,52-53,55-58H2,1-3H3,(H,69,76)/b10-7-,19-16-,25-24-,28-27-,31-30-,34-33-,41-37-,50-47+,54-51+. The third-order valence-electron chi connectivity index (χ3n) is 14.2. The number of aliphatic hydroxyl groups excluding tert-OH is 5. The number of hydrogen-bond acceptors (Lipinski definition) is 10. The maximum absolute atomic E-state index is 13.4. The second-order valence-electron chi connectivity index (χ2n) is 21.4. The third kappa shape index (κ3) is 42.8. The Morgan fingerprint density at radius 1 is 0.506 bits per heavy atom. The largest absolute Gasteiger partial charge is 0.454 e. The van der Waals surface area contributed by atoms with Crippen LogP contribution in [0.25, 0.3) is 0 Å². The number of amides is 1. The van der Waals surface area contributed by atoms with E-state index in [1.54, 1.807) is 6.08 Å². The average Bonchev–Trinajstić information content (AvgIpc) is 3.44. The lowest BCUT2D eigenvalue weighted by Crippen LogP contribution is -2.61. The number of carbonyl (C=O) groups is 2. The summed E-state index contributed by atoms with van der Waals surface area (Å²) in [6.07, 6.45) is 64.3. The van der Waals surface area contributed by atoms with Crippen molar-refractivity contribution in [3.05, 3.63) is 109 Å². The number of rotatable bonds is 52. The number of esters is 1. The number of allylic oxidation sites excluding steroid dienone is 17. The minimum Gasteiger partial charge on any atom is -0.454 e. The van der Waals surface area contributed by atoms with E-state index in [1.165, 1.54) is 83.5 Å². The minimum atomic E-state index is -1.64. The van der Waals surface area contributed by atoms with Crippen LogP contribution in [0.3, 0.4) is 0 Å². The van der Waals surface area contributed by atoms with E-state index in [1.807, 2.05) is 18.2 Å². The predicted octanol–water partition coefficient (Wildman–Crippen LogP) is 15.3. The zero-order chi connectivity index (χ0) is 57.5. The smallest absolute Gasteiger partial charge is 0.306 e. The molecule has 1 aliphatic heterocycles. The maximum Gasteiger partial charge on any atom is 0.306 e. The highest BCUT2D eigenvalue weighted by Crippen LogP contribution is 2.26. The van der Waals surface area contributed by atoms with Crippen LogP contribution in [0.4, 0.5) is 0 Å². The molecular weight excluding hydrogens is 991 g/mol. The molecule has 8 atom stereocenters. The Kier molecular flexibility index (Phi) is 50.9. The quantitative estimate of drug-likeness (QED) is 0.0195. The van der Waals surface area contributed by atoms with E-state index in [9.17, 15) is 35.1 Å². The van der Waals surface area contributed by atoms with E-state index >= 15 is 0 Å². The molecule has 1 aliphatic rings. The van der Waals surface area contributed by atoms with Crippen LogP contribution in [0.15, 0.2) is 109 Å². The first kappa shape index (κ1) is 73.3. The van der Waals surface area contributed by atoms with Gasteiger partial charge in [0.2, 0.25) is 5.91 Å². The molecular formula is C68H115NO10. The van der Waals surface area contributed by atoms with Crippen molar-refractivity contribution in [2.45, 2.75) is 294 Å². The number of ether oxygens (including phenoxy) is 3. The van der Waals surface area contributed by atoms with Crippen molar-refractivity contribution < 1.29 is 49.3 Å². The molecule has 11 nitrogen and oxygen atoms in total. The fourth-order valence-electron chi connectivity index (χ4n) is 9.18. The van der Waals surface area contributed by atoms with Crippen LogP contribution in [-0.4, -0.2) is 99.6 Å². The lowest BCUT2D eigenvalue weighted by Gasteiger charge is -2.41. The first-order chi connectivity index (χ1) is 38.7. The van der Waals surface area contributed by atoms with Crippen LogP contribution < -0.4 is 5.32 Å². The maximum atomic E-state index is 13.4. The van der Waals surface area contributed by atoms with Gasteiger partial charge in [-0.05, 0) is 96.3 Å². The van der Waals surface area contributed by atoms with Crippen LogP contribution in [0, 0.1) is 0 Å². The first-order valence-electron chi connectivity index (χ1n) is 31.7. The lowest BCUT2D eigenvalue weighted by molar-refractivity contribution is -0.305. The molecule has 0 aromatic rings. The Labute approximate surface area is 481 Å². The molecule has 0 aromatic carbocycles. The molecule has 0 bridgehead atoms. The minimum absolute atomic E-state index is 0.0121. The van der Waals surface area contributed by atoms with Crippen molar-refractivity contribution in [2.24, 2.45) is 0 Å². The summed E-state index contributed by atoms with van der Waals surface area (Å²) in [6.45, 7) is 5.61. The van der Waals surface area contributed by atoms with Gasteiger partial charge in [0, 0.05) is 6.42 Å². The van der Waals surface area contributed by atoms with Gasteiger partial charge in [0.15, 0.2) is 12.4 Å². The van der Waals surface area contributed by atoms with Crippen LogP contribution in [0.2, 0.25) is 0 Å². The Bertz CT molecular complexity index is 1700. The van der Waals surface area contributed by atoms with Crippen LogP contribution in [0.5, 0.6) is 0 Å². The molecule has 1 amide bonds. The number of aliphatic hydroxyl groups is 5. The Morgan fingerprint density at radius 2 is 0.911 bits per heavy atom. The summed E-state index contributed by atoms with van der Waals surface area (Å²) in [5, 5.41) is 56.9. The van der Waals surface area contributed by atoms with Gasteiger partial charge in [-0.1, -0.05) is 252 Å². The van der Waals surface area contributed by atoms with Gasteiger partial charge in [0.1, 0.15) is 24.4 Å². The molecule has 452 valence electrons. The summed E-state index contributed by atoms with van der Waals surface area (Å²) in [4.78, 5) is 26.5. The molecule has 8 unspecified atom stereocenters. The van der Waals surface area contributed by atoms with Crippen LogP contribution in [-0.2, 0) is 23.8 Å². The van der Waals surface area contributed by atoms with Crippen molar-refractivity contribution in [3.63, 3.8) is 0 Å². The normalized spacial score (nSPS) is 19.6. The van der Waals surface area contributed by atoms with Crippen molar-refractivity contribution in [3.8, 4) is 0 Å². The van der Waals surface area contributed by atoms with Crippen molar-refractivity contribution in [1.29, 1.82) is 0 Å². The molecule has 11 heteroatoms. The monoisotopic (exact) mass is 1110 g/mol. The van der Waals surface area contributed by atoms with E-state index in [0.717, 1.165) is 116 Å². The van der Waals surface area contributed by atoms with Gasteiger partial charge in [-0.15, -0.1) is 0 Å². The molecule has 1 heterocycles. The highest BCUT2D eigenvalue weighted by atomic mass is 16.7. The number of hydrogen-bond donors (Lipinski definition) is 6. The average molecular weight is 1110 g/mol. The van der Waals surface area contributed by atoms with E-state index in [0.29, 0.717) is 12.8 Å². The van der Waals surface area contributed by atoms with Crippen LogP contribution >= 0.6 is 0 Å². The number of carbonyl (C=O) groups excluding carboxylic acids is 2. The molecule has 1 rings (SSSR count). The summed E-state index contributed by atoms with van der Waals surface area (Å²) in [7, 11) is 0. The zero-order valence-corrected chi connectivity index (χ0v) is 50.0. The topological polar surface area (TPSA) is 175 Å². The molecule has 0 aromatic heterocycles. The molecule has 0 aliphatic carbocycles. The van der Waals surface area contributed by atoms with Gasteiger partial charge < -0.3 is 45.1 Å². The van der Waals surface area contributed by atoms with Gasteiger partial charge >= 0.3 is 5.97 Å². The summed E-state index contributed by atoms with van der Waals surface area (Å²) in [5.74, 6) is -1.28. The number of nitrogens with one attached hydrogen (secondary N) is 1. The Morgan fingerprint density at radius 3 is 1.37 bits per heavy atom. The highest BCUT2D eigenvalue weighted by Gasteiger charge is 2.47. The van der Waals surface area contributed by atoms with E-state index in [2.05, 4.69) is 111 Å². The van der Waals surface area contributed by atoms with Gasteiger partial charge in [-0.25, -0.2) is 0 Å². The number of unbranched alkanes of at least 4 members (excludes halogenated alkanes) is 22. The molecule has 0 spiro atoms. The molecule has 6 N–H and O–H groups in total. The summed E-state index contributed by atoms with van der Waals surface area (Å²) >= 11 is 0. The molecule has 79 heavy (non-hydrogen) atoms. The first-order valence-corrected chi connectivity index (χ1v) is 31.7. The van der Waals surface area contributed by atoms with Crippen LogP contribution in [0.1, 0.15) is 245 Å². The SMILES string of the molecule is CC/C=C\C/C=C\C/C=C\C/C=C\C/C=C\C/C=C\CCCCCCCCCC(O)C(=O)NC(COC1OC(CO)C(O)C(O)C1OC(=O)CC/C=C/C/C=C\CCCCCCCC)C(O)/C=C/CCCCCCCCCCC. The van der Waals surface area contributed by atoms with E-state index in [4.69, 9.17) is 14.2 Å². The zero-order valence-electron chi connectivity index (χ0n) is 50.0. The van der Waals surface area contributed by atoms with Gasteiger partial charge in [0.25, 0.3) is 0 Å².